The normalized spacial score (nSPS) is 13.6. The van der Waals surface area contributed by atoms with Gasteiger partial charge in [-0.05, 0) is 19.1 Å². The molecule has 6 nitrogen and oxygen atoms in total. The third-order valence-corrected chi connectivity index (χ3v) is 5.28. The van der Waals surface area contributed by atoms with Gasteiger partial charge >= 0.3 is 0 Å². The number of nitrogens with zero attached hydrogens (tertiary/aromatic N) is 2. The summed E-state index contributed by atoms with van der Waals surface area (Å²) < 4.78 is 33.5. The predicted octanol–water partition coefficient (Wildman–Crippen LogP) is 1.46. The highest BCUT2D eigenvalue weighted by Crippen LogP contribution is 2.24. The summed E-state index contributed by atoms with van der Waals surface area (Å²) in [6.07, 6.45) is 2.49. The van der Waals surface area contributed by atoms with E-state index in [1.165, 1.54) is 17.1 Å². The van der Waals surface area contributed by atoms with Gasteiger partial charge in [-0.3, -0.25) is 4.68 Å². The number of sulfonamides is 1. The van der Waals surface area contributed by atoms with E-state index >= 15 is 0 Å². The van der Waals surface area contributed by atoms with Crippen LogP contribution >= 0.6 is 11.3 Å². The lowest BCUT2D eigenvalue weighted by Crippen LogP contribution is -2.28. The maximum absolute atomic E-state index is 12.1. The Kier molecular flexibility index (Phi) is 4.59. The molecule has 1 atom stereocenters. The standard InChI is InChI=1S/C12H17N3O3S2/c1-9-4-5-12(19-9)11(18-3)7-14-20(16,17)10-6-13-15(2)8-10/h4-6,8,11,14H,7H2,1-3H3. The van der Waals surface area contributed by atoms with Gasteiger partial charge in [0.25, 0.3) is 0 Å². The molecule has 0 saturated heterocycles. The predicted molar refractivity (Wildman–Crippen MR) is 77.2 cm³/mol. The molecule has 0 aliphatic carbocycles. The van der Waals surface area contributed by atoms with Gasteiger partial charge in [0.15, 0.2) is 0 Å². The number of methoxy groups -OCH3 is 1. The Bertz CT molecular complexity index is 676. The number of nitrogens with one attached hydrogen (secondary N) is 1. The minimum atomic E-state index is -3.55. The first-order valence-electron chi connectivity index (χ1n) is 6.00. The Morgan fingerprint density at radius 3 is 2.75 bits per heavy atom. The van der Waals surface area contributed by atoms with Crippen LogP contribution in [0.4, 0.5) is 0 Å². The summed E-state index contributed by atoms with van der Waals surface area (Å²) in [7, 11) is -0.315. The van der Waals surface area contributed by atoms with Crippen molar-refractivity contribution in [2.24, 2.45) is 7.05 Å². The number of hydrogen-bond acceptors (Lipinski definition) is 5. The summed E-state index contributed by atoms with van der Waals surface area (Å²) in [5, 5.41) is 3.86. The Balaban J connectivity index is 2.06. The highest BCUT2D eigenvalue weighted by molar-refractivity contribution is 7.89. The highest BCUT2D eigenvalue weighted by atomic mass is 32.2. The van der Waals surface area contributed by atoms with Gasteiger partial charge in [0, 0.05) is 36.7 Å². The Hall–Kier alpha value is -1.22. The first-order chi connectivity index (χ1) is 9.42. The van der Waals surface area contributed by atoms with Crippen LogP contribution in [0.1, 0.15) is 15.9 Å². The second-order valence-electron chi connectivity index (χ2n) is 4.37. The third kappa shape index (κ3) is 3.45. The fraction of sp³-hybridized carbons (Fsp3) is 0.417. The van der Waals surface area contributed by atoms with Gasteiger partial charge in [-0.1, -0.05) is 0 Å². The number of rotatable bonds is 6. The first-order valence-corrected chi connectivity index (χ1v) is 8.30. The molecule has 2 aromatic rings. The smallest absolute Gasteiger partial charge is 0.243 e. The number of aryl methyl sites for hydroxylation is 2. The Morgan fingerprint density at radius 1 is 1.50 bits per heavy atom. The monoisotopic (exact) mass is 315 g/mol. The molecule has 2 rings (SSSR count). The number of thiophene rings is 1. The molecule has 0 radical (unpaired) electrons. The molecule has 1 unspecified atom stereocenters. The molecule has 0 aliphatic rings. The zero-order valence-electron chi connectivity index (χ0n) is 11.5. The van der Waals surface area contributed by atoms with Crippen LogP contribution in [0.5, 0.6) is 0 Å². The van der Waals surface area contributed by atoms with Gasteiger partial charge in [-0.25, -0.2) is 13.1 Å². The van der Waals surface area contributed by atoms with Gasteiger partial charge in [0.2, 0.25) is 10.0 Å². The van der Waals surface area contributed by atoms with E-state index in [0.717, 1.165) is 9.75 Å². The largest absolute Gasteiger partial charge is 0.375 e. The molecule has 0 amide bonds. The van der Waals surface area contributed by atoms with Crippen molar-refractivity contribution in [2.75, 3.05) is 13.7 Å². The summed E-state index contributed by atoms with van der Waals surface area (Å²) in [5.74, 6) is 0. The summed E-state index contributed by atoms with van der Waals surface area (Å²) in [6, 6.07) is 3.94. The molecular weight excluding hydrogens is 298 g/mol. The van der Waals surface area contributed by atoms with Crippen LogP contribution < -0.4 is 4.72 Å². The van der Waals surface area contributed by atoms with Crippen molar-refractivity contribution in [3.05, 3.63) is 34.3 Å². The van der Waals surface area contributed by atoms with E-state index in [-0.39, 0.29) is 17.5 Å². The van der Waals surface area contributed by atoms with Crippen LogP contribution in [0.2, 0.25) is 0 Å². The molecule has 0 saturated carbocycles. The first kappa shape index (κ1) is 15.2. The van der Waals surface area contributed by atoms with Crippen LogP contribution in [0.15, 0.2) is 29.4 Å². The second-order valence-corrected chi connectivity index (χ2v) is 7.46. The number of ether oxygens (including phenoxy) is 1. The number of aromatic nitrogens is 2. The minimum Gasteiger partial charge on any atom is -0.375 e. The SMILES string of the molecule is COC(CNS(=O)(=O)c1cnn(C)c1)c1ccc(C)s1. The average molecular weight is 315 g/mol. The van der Waals surface area contributed by atoms with Gasteiger partial charge in [0.05, 0.1) is 6.20 Å². The van der Waals surface area contributed by atoms with E-state index < -0.39 is 10.0 Å². The fourth-order valence-corrected chi connectivity index (χ4v) is 3.70. The van der Waals surface area contributed by atoms with Crippen molar-refractivity contribution < 1.29 is 13.2 Å². The van der Waals surface area contributed by atoms with E-state index in [1.807, 2.05) is 19.1 Å². The van der Waals surface area contributed by atoms with Crippen LogP contribution in [0.25, 0.3) is 0 Å². The minimum absolute atomic E-state index is 0.150. The average Bonchev–Trinajstić information content (AvgIpc) is 2.99. The maximum Gasteiger partial charge on any atom is 0.243 e. The lowest BCUT2D eigenvalue weighted by Gasteiger charge is -2.14. The van der Waals surface area contributed by atoms with Crippen molar-refractivity contribution in [2.45, 2.75) is 17.9 Å². The van der Waals surface area contributed by atoms with E-state index in [9.17, 15) is 8.42 Å². The second kappa shape index (κ2) is 6.04. The summed E-state index contributed by atoms with van der Waals surface area (Å²) in [4.78, 5) is 2.31. The molecule has 0 spiro atoms. The van der Waals surface area contributed by atoms with E-state index in [2.05, 4.69) is 9.82 Å². The summed E-state index contributed by atoms with van der Waals surface area (Å²) >= 11 is 1.59. The quantitative estimate of drug-likeness (QED) is 0.876. The molecule has 0 aliphatic heterocycles. The van der Waals surface area contributed by atoms with Gasteiger partial charge in [-0.15, -0.1) is 11.3 Å². The van der Waals surface area contributed by atoms with E-state index in [1.54, 1.807) is 25.5 Å². The molecule has 2 aromatic heterocycles. The van der Waals surface area contributed by atoms with Crippen LogP contribution in [0, 0.1) is 6.92 Å². The van der Waals surface area contributed by atoms with Crippen molar-refractivity contribution in [3.8, 4) is 0 Å². The molecule has 2 heterocycles. The Labute approximate surface area is 122 Å². The van der Waals surface area contributed by atoms with Crippen molar-refractivity contribution in [1.29, 1.82) is 0 Å². The Morgan fingerprint density at radius 2 is 2.25 bits per heavy atom. The van der Waals surface area contributed by atoms with Crippen molar-refractivity contribution >= 4 is 21.4 Å². The topological polar surface area (TPSA) is 73.2 Å². The zero-order chi connectivity index (χ0) is 14.8. The molecule has 8 heteroatoms. The lowest BCUT2D eigenvalue weighted by molar-refractivity contribution is 0.110. The van der Waals surface area contributed by atoms with Crippen LogP contribution in [-0.2, 0) is 21.8 Å². The fourth-order valence-electron chi connectivity index (χ4n) is 1.73. The maximum atomic E-state index is 12.1. The third-order valence-electron chi connectivity index (χ3n) is 2.81. The molecule has 110 valence electrons. The number of hydrogen-bond donors (Lipinski definition) is 1. The molecule has 1 N–H and O–H groups in total. The van der Waals surface area contributed by atoms with E-state index in [4.69, 9.17) is 4.74 Å². The molecular formula is C12H17N3O3S2. The molecule has 0 fully saturated rings. The lowest BCUT2D eigenvalue weighted by atomic mass is 10.3. The van der Waals surface area contributed by atoms with Crippen molar-refractivity contribution in [1.82, 2.24) is 14.5 Å². The highest BCUT2D eigenvalue weighted by Gasteiger charge is 2.20. The van der Waals surface area contributed by atoms with Gasteiger partial charge in [0.1, 0.15) is 11.0 Å². The summed E-state index contributed by atoms with van der Waals surface area (Å²) in [6.45, 7) is 2.19. The van der Waals surface area contributed by atoms with Crippen molar-refractivity contribution in [3.63, 3.8) is 0 Å². The molecule has 0 aromatic carbocycles. The zero-order valence-corrected chi connectivity index (χ0v) is 13.2. The van der Waals surface area contributed by atoms with Crippen LogP contribution in [-0.4, -0.2) is 31.9 Å². The summed E-state index contributed by atoms with van der Waals surface area (Å²) in [5.41, 5.74) is 0. The van der Waals surface area contributed by atoms with Gasteiger partial charge < -0.3 is 4.74 Å². The molecule has 20 heavy (non-hydrogen) atoms. The molecule has 0 bridgehead atoms. The van der Waals surface area contributed by atoms with Crippen LogP contribution in [0.3, 0.4) is 0 Å². The van der Waals surface area contributed by atoms with E-state index in [0.29, 0.717) is 0 Å². The van der Waals surface area contributed by atoms with Gasteiger partial charge in [-0.2, -0.15) is 5.10 Å².